The molecule has 25 heavy (non-hydrogen) atoms. The van der Waals surface area contributed by atoms with Crippen LogP contribution in [0.5, 0.6) is 0 Å². The highest BCUT2D eigenvalue weighted by atomic mass is 35.5. The summed E-state index contributed by atoms with van der Waals surface area (Å²) in [4.78, 5) is 11.8. The van der Waals surface area contributed by atoms with E-state index < -0.39 is 0 Å². The van der Waals surface area contributed by atoms with Gasteiger partial charge in [0.25, 0.3) is 0 Å². The summed E-state index contributed by atoms with van der Waals surface area (Å²) < 4.78 is 23.4. The third-order valence-corrected chi connectivity index (χ3v) is 3.51. The van der Waals surface area contributed by atoms with Crippen molar-refractivity contribution in [1.29, 1.82) is 0 Å². The molecule has 128 valence electrons. The van der Waals surface area contributed by atoms with E-state index in [0.717, 1.165) is 0 Å². The lowest BCUT2D eigenvalue weighted by Crippen LogP contribution is -2.18. The molecule has 1 amide bonds. The summed E-state index contributed by atoms with van der Waals surface area (Å²) in [6.45, 7) is -0.0150. The fourth-order valence-corrected chi connectivity index (χ4v) is 2.33. The van der Waals surface area contributed by atoms with Gasteiger partial charge in [-0.2, -0.15) is 0 Å². The molecular formula is C18H14ClFN2O3. The van der Waals surface area contributed by atoms with E-state index in [2.05, 4.69) is 10.5 Å². The van der Waals surface area contributed by atoms with E-state index in [4.69, 9.17) is 20.9 Å². The van der Waals surface area contributed by atoms with E-state index in [1.807, 2.05) is 0 Å². The van der Waals surface area contributed by atoms with Crippen LogP contribution in [0.15, 0.2) is 59.1 Å². The van der Waals surface area contributed by atoms with Crippen LogP contribution in [-0.2, 0) is 16.1 Å². The molecule has 0 spiro atoms. The maximum atomic E-state index is 12.9. The average molecular weight is 361 g/mol. The zero-order chi connectivity index (χ0) is 17.6. The summed E-state index contributed by atoms with van der Waals surface area (Å²) in [6, 6.07) is 14.4. The fraction of sp³-hybridized carbons (Fsp3) is 0.111. The van der Waals surface area contributed by atoms with Crippen molar-refractivity contribution in [3.8, 4) is 11.3 Å². The van der Waals surface area contributed by atoms with Crippen LogP contribution in [0, 0.1) is 5.82 Å². The van der Waals surface area contributed by atoms with E-state index in [-0.39, 0.29) is 24.9 Å². The van der Waals surface area contributed by atoms with Gasteiger partial charge in [0.05, 0.1) is 6.61 Å². The minimum Gasteiger partial charge on any atom is -0.365 e. The van der Waals surface area contributed by atoms with Crippen molar-refractivity contribution in [3.63, 3.8) is 0 Å². The molecule has 0 saturated heterocycles. The molecule has 1 N–H and O–H groups in total. The molecule has 0 aliphatic heterocycles. The summed E-state index contributed by atoms with van der Waals surface area (Å²) in [5.41, 5.74) is 1.84. The second-order valence-corrected chi connectivity index (χ2v) is 5.68. The molecule has 1 aromatic heterocycles. The highest BCUT2D eigenvalue weighted by molar-refractivity contribution is 6.30. The summed E-state index contributed by atoms with van der Waals surface area (Å²) in [7, 11) is 0. The van der Waals surface area contributed by atoms with Crippen molar-refractivity contribution >= 4 is 23.2 Å². The van der Waals surface area contributed by atoms with Crippen molar-refractivity contribution in [1.82, 2.24) is 5.16 Å². The Morgan fingerprint density at radius 3 is 2.76 bits per heavy atom. The third kappa shape index (κ3) is 4.89. The molecule has 0 aliphatic carbocycles. The molecule has 7 heteroatoms. The number of hydrogen-bond donors (Lipinski definition) is 1. The van der Waals surface area contributed by atoms with Crippen LogP contribution >= 0.6 is 11.6 Å². The van der Waals surface area contributed by atoms with Crippen LogP contribution in [0.2, 0.25) is 5.02 Å². The SMILES string of the molecule is O=C(COCc1cc(-c2ccc(F)cc2)on1)Nc1cccc(Cl)c1. The summed E-state index contributed by atoms with van der Waals surface area (Å²) in [6.07, 6.45) is 0. The fourth-order valence-electron chi connectivity index (χ4n) is 2.14. The molecule has 3 aromatic rings. The van der Waals surface area contributed by atoms with Crippen molar-refractivity contribution in [2.45, 2.75) is 6.61 Å². The Hall–Kier alpha value is -2.70. The number of hydrogen-bond acceptors (Lipinski definition) is 4. The Labute approximate surface area is 148 Å². The molecule has 0 unspecified atom stereocenters. The first kappa shape index (κ1) is 17.1. The highest BCUT2D eigenvalue weighted by Crippen LogP contribution is 2.21. The number of carbonyl (C=O) groups is 1. The van der Waals surface area contributed by atoms with Gasteiger partial charge in [-0.15, -0.1) is 0 Å². The zero-order valence-corrected chi connectivity index (χ0v) is 13.8. The largest absolute Gasteiger partial charge is 0.365 e. The van der Waals surface area contributed by atoms with Gasteiger partial charge in [-0.25, -0.2) is 4.39 Å². The monoisotopic (exact) mass is 360 g/mol. The van der Waals surface area contributed by atoms with E-state index in [1.54, 1.807) is 42.5 Å². The molecule has 2 aromatic carbocycles. The van der Waals surface area contributed by atoms with Gasteiger partial charge >= 0.3 is 0 Å². The van der Waals surface area contributed by atoms with Gasteiger partial charge < -0.3 is 14.6 Å². The first-order valence-corrected chi connectivity index (χ1v) is 7.82. The Morgan fingerprint density at radius 1 is 1.20 bits per heavy atom. The average Bonchev–Trinajstić information content (AvgIpc) is 3.04. The number of benzene rings is 2. The topological polar surface area (TPSA) is 64.4 Å². The number of halogens is 2. The predicted molar refractivity (Wildman–Crippen MR) is 91.6 cm³/mol. The van der Waals surface area contributed by atoms with Crippen molar-refractivity contribution in [3.05, 3.63) is 71.1 Å². The van der Waals surface area contributed by atoms with Crippen molar-refractivity contribution in [2.24, 2.45) is 0 Å². The molecule has 0 bridgehead atoms. The van der Waals surface area contributed by atoms with Crippen LogP contribution in [0.1, 0.15) is 5.69 Å². The summed E-state index contributed by atoms with van der Waals surface area (Å²) in [5.74, 6) is -0.121. The lowest BCUT2D eigenvalue weighted by molar-refractivity contribution is -0.121. The van der Waals surface area contributed by atoms with Gasteiger partial charge in [0.1, 0.15) is 18.1 Å². The van der Waals surface area contributed by atoms with Crippen LogP contribution in [-0.4, -0.2) is 17.7 Å². The number of anilines is 1. The number of ether oxygens (including phenoxy) is 1. The van der Waals surface area contributed by atoms with Crippen molar-refractivity contribution in [2.75, 3.05) is 11.9 Å². The lowest BCUT2D eigenvalue weighted by atomic mass is 10.1. The third-order valence-electron chi connectivity index (χ3n) is 3.28. The van der Waals surface area contributed by atoms with Crippen LogP contribution < -0.4 is 5.32 Å². The first-order valence-electron chi connectivity index (χ1n) is 7.45. The van der Waals surface area contributed by atoms with E-state index in [1.165, 1.54) is 12.1 Å². The maximum Gasteiger partial charge on any atom is 0.250 e. The molecule has 0 saturated carbocycles. The van der Waals surface area contributed by atoms with E-state index in [0.29, 0.717) is 27.7 Å². The molecule has 1 heterocycles. The Balaban J connectivity index is 1.49. The van der Waals surface area contributed by atoms with Gasteiger partial charge in [0.15, 0.2) is 5.76 Å². The minimum atomic E-state index is -0.322. The quantitative estimate of drug-likeness (QED) is 0.712. The molecule has 0 radical (unpaired) electrons. The number of nitrogens with one attached hydrogen (secondary N) is 1. The van der Waals surface area contributed by atoms with Crippen LogP contribution in [0.3, 0.4) is 0 Å². The standard InChI is InChI=1S/C18H14ClFN2O3/c19-13-2-1-3-15(8-13)21-18(23)11-24-10-16-9-17(25-22-16)12-4-6-14(20)7-5-12/h1-9H,10-11H2,(H,21,23). The number of nitrogens with zero attached hydrogens (tertiary/aromatic N) is 1. The van der Waals surface area contributed by atoms with Crippen LogP contribution in [0.4, 0.5) is 10.1 Å². The van der Waals surface area contributed by atoms with Gasteiger partial charge in [-0.05, 0) is 42.5 Å². The lowest BCUT2D eigenvalue weighted by Gasteiger charge is -2.05. The second-order valence-electron chi connectivity index (χ2n) is 5.24. The van der Waals surface area contributed by atoms with Gasteiger partial charge in [0, 0.05) is 22.3 Å². The van der Waals surface area contributed by atoms with E-state index in [9.17, 15) is 9.18 Å². The number of amides is 1. The molecule has 0 atom stereocenters. The first-order chi connectivity index (χ1) is 12.1. The number of rotatable bonds is 6. The van der Waals surface area contributed by atoms with Crippen LogP contribution in [0.25, 0.3) is 11.3 Å². The number of carbonyl (C=O) groups excluding carboxylic acids is 1. The Bertz CT molecular complexity index is 865. The molecule has 3 rings (SSSR count). The molecule has 0 fully saturated rings. The summed E-state index contributed by atoms with van der Waals surface area (Å²) in [5, 5.41) is 7.08. The molecule has 0 aliphatic rings. The summed E-state index contributed by atoms with van der Waals surface area (Å²) >= 11 is 5.85. The van der Waals surface area contributed by atoms with Gasteiger partial charge in [-0.1, -0.05) is 22.8 Å². The predicted octanol–water partition coefficient (Wildman–Crippen LogP) is 4.29. The smallest absolute Gasteiger partial charge is 0.250 e. The number of aromatic nitrogens is 1. The molecular weight excluding hydrogens is 347 g/mol. The maximum absolute atomic E-state index is 12.9. The van der Waals surface area contributed by atoms with Crippen molar-refractivity contribution < 1.29 is 18.4 Å². The highest BCUT2D eigenvalue weighted by Gasteiger charge is 2.09. The Kier molecular flexibility index (Phi) is 5.42. The molecule has 5 nitrogen and oxygen atoms in total. The Morgan fingerprint density at radius 2 is 2.00 bits per heavy atom. The van der Waals surface area contributed by atoms with Gasteiger partial charge in [-0.3, -0.25) is 4.79 Å². The normalized spacial score (nSPS) is 10.6. The zero-order valence-electron chi connectivity index (χ0n) is 13.0. The second kappa shape index (κ2) is 7.92. The van der Waals surface area contributed by atoms with Gasteiger partial charge in [0.2, 0.25) is 5.91 Å². The van der Waals surface area contributed by atoms with E-state index >= 15 is 0 Å². The minimum absolute atomic E-state index is 0.119.